The number of guanidine groups is 1. The molecule has 1 aliphatic rings. The number of benzene rings is 1. The fraction of sp³-hybridized carbons (Fsp3) is 0.455. The lowest BCUT2D eigenvalue weighted by molar-refractivity contribution is 0.635. The highest BCUT2D eigenvalue weighted by Gasteiger charge is 2.14. The molecule has 2 N–H and O–H groups in total. The average Bonchev–Trinajstić information content (AvgIpc) is 3.30. The van der Waals surface area contributed by atoms with Gasteiger partial charge < -0.3 is 15.5 Å². The standard InChI is InChI=1S/C22H32N6/c1-16(13-21-17(2)26-27(5)18(21)3)25-22(23-4)24-15-19-9-8-10-20(14-19)28-11-6-7-12-28/h6-10,14,16H,11-13,15H2,1-5H3,(H2,23,24,25). The molecule has 6 nitrogen and oxygen atoms in total. The Morgan fingerprint density at radius 3 is 2.64 bits per heavy atom. The van der Waals surface area contributed by atoms with Crippen molar-refractivity contribution in [3.8, 4) is 0 Å². The van der Waals surface area contributed by atoms with Gasteiger partial charge in [0.25, 0.3) is 0 Å². The van der Waals surface area contributed by atoms with Crippen LogP contribution in [0.2, 0.25) is 0 Å². The maximum Gasteiger partial charge on any atom is 0.191 e. The van der Waals surface area contributed by atoms with Gasteiger partial charge in [0.05, 0.1) is 5.69 Å². The number of anilines is 1. The fourth-order valence-electron chi connectivity index (χ4n) is 3.64. The largest absolute Gasteiger partial charge is 0.364 e. The Hall–Kier alpha value is -2.76. The molecule has 0 saturated heterocycles. The molecule has 2 heterocycles. The van der Waals surface area contributed by atoms with Gasteiger partial charge in [0, 0.05) is 51.2 Å². The maximum absolute atomic E-state index is 4.51. The summed E-state index contributed by atoms with van der Waals surface area (Å²) in [5.74, 6) is 0.819. The number of hydrogen-bond acceptors (Lipinski definition) is 3. The molecule has 1 aliphatic heterocycles. The summed E-state index contributed by atoms with van der Waals surface area (Å²) >= 11 is 0. The molecular weight excluding hydrogens is 348 g/mol. The molecule has 28 heavy (non-hydrogen) atoms. The normalized spacial score (nSPS) is 15.2. The van der Waals surface area contributed by atoms with E-state index >= 15 is 0 Å². The Labute approximate surface area is 168 Å². The number of aryl methyl sites for hydroxylation is 2. The number of rotatable bonds is 6. The summed E-state index contributed by atoms with van der Waals surface area (Å²) in [4.78, 5) is 6.75. The molecule has 0 bridgehead atoms. The smallest absolute Gasteiger partial charge is 0.191 e. The quantitative estimate of drug-likeness (QED) is 0.460. The number of aromatic nitrogens is 2. The molecule has 0 fully saturated rings. The molecule has 3 rings (SSSR count). The first-order valence-electron chi connectivity index (χ1n) is 9.93. The third-order valence-corrected chi connectivity index (χ3v) is 5.33. The van der Waals surface area contributed by atoms with Gasteiger partial charge in [0.1, 0.15) is 0 Å². The summed E-state index contributed by atoms with van der Waals surface area (Å²) in [7, 11) is 3.81. The number of nitrogens with one attached hydrogen (secondary N) is 2. The minimum absolute atomic E-state index is 0.259. The van der Waals surface area contributed by atoms with Crippen LogP contribution in [0.15, 0.2) is 41.4 Å². The van der Waals surface area contributed by atoms with Gasteiger partial charge in [-0.1, -0.05) is 24.3 Å². The van der Waals surface area contributed by atoms with E-state index < -0.39 is 0 Å². The van der Waals surface area contributed by atoms with Gasteiger partial charge in [0.15, 0.2) is 5.96 Å². The van der Waals surface area contributed by atoms with E-state index in [9.17, 15) is 0 Å². The van der Waals surface area contributed by atoms with E-state index in [2.05, 4.69) is 82.8 Å². The molecule has 0 aliphatic carbocycles. The summed E-state index contributed by atoms with van der Waals surface area (Å²) in [5.41, 5.74) is 6.15. The van der Waals surface area contributed by atoms with Crippen molar-refractivity contribution >= 4 is 11.6 Å². The lowest BCUT2D eigenvalue weighted by atomic mass is 10.1. The van der Waals surface area contributed by atoms with Crippen molar-refractivity contribution in [2.75, 3.05) is 25.0 Å². The van der Waals surface area contributed by atoms with Crippen LogP contribution in [0.25, 0.3) is 0 Å². The van der Waals surface area contributed by atoms with E-state index in [1.807, 2.05) is 18.8 Å². The van der Waals surface area contributed by atoms with E-state index in [4.69, 9.17) is 0 Å². The Bertz CT molecular complexity index is 856. The fourth-order valence-corrected chi connectivity index (χ4v) is 3.64. The third kappa shape index (κ3) is 4.74. The second-order valence-corrected chi connectivity index (χ2v) is 7.49. The van der Waals surface area contributed by atoms with Crippen molar-refractivity contribution < 1.29 is 0 Å². The molecule has 0 saturated carbocycles. The van der Waals surface area contributed by atoms with Crippen molar-refractivity contribution in [1.29, 1.82) is 0 Å². The average molecular weight is 381 g/mol. The van der Waals surface area contributed by atoms with Gasteiger partial charge in [-0.2, -0.15) is 5.10 Å². The predicted molar refractivity (Wildman–Crippen MR) is 117 cm³/mol. The topological polar surface area (TPSA) is 57.5 Å². The van der Waals surface area contributed by atoms with E-state index in [0.29, 0.717) is 0 Å². The van der Waals surface area contributed by atoms with Crippen molar-refractivity contribution in [1.82, 2.24) is 20.4 Å². The van der Waals surface area contributed by atoms with Gasteiger partial charge in [-0.25, -0.2) is 0 Å². The molecule has 1 aromatic carbocycles. The van der Waals surface area contributed by atoms with Crippen LogP contribution >= 0.6 is 0 Å². The van der Waals surface area contributed by atoms with E-state index in [1.165, 1.54) is 22.5 Å². The lowest BCUT2D eigenvalue weighted by Crippen LogP contribution is -2.42. The zero-order valence-corrected chi connectivity index (χ0v) is 17.7. The first kappa shape index (κ1) is 20.0. The minimum atomic E-state index is 0.259. The van der Waals surface area contributed by atoms with Crippen LogP contribution < -0.4 is 15.5 Å². The highest BCUT2D eigenvalue weighted by molar-refractivity contribution is 5.80. The van der Waals surface area contributed by atoms with Crippen LogP contribution in [0.3, 0.4) is 0 Å². The Balaban J connectivity index is 1.55. The molecule has 1 aromatic heterocycles. The first-order valence-corrected chi connectivity index (χ1v) is 9.93. The molecule has 0 spiro atoms. The minimum Gasteiger partial charge on any atom is -0.364 e. The van der Waals surface area contributed by atoms with E-state index in [1.54, 1.807) is 0 Å². The summed E-state index contributed by atoms with van der Waals surface area (Å²) in [5, 5.41) is 11.5. The van der Waals surface area contributed by atoms with Crippen molar-refractivity contribution in [2.45, 2.75) is 39.8 Å². The SMILES string of the molecule is CN=C(NCc1cccc(N2CC=CC2)c1)NC(C)Cc1c(C)nn(C)c1C. The Morgan fingerprint density at radius 2 is 2.00 bits per heavy atom. The Morgan fingerprint density at radius 1 is 1.25 bits per heavy atom. The highest BCUT2D eigenvalue weighted by atomic mass is 15.3. The molecule has 1 atom stereocenters. The van der Waals surface area contributed by atoms with Gasteiger partial charge in [-0.05, 0) is 50.5 Å². The summed E-state index contributed by atoms with van der Waals surface area (Å²) in [6.45, 7) is 9.10. The zero-order valence-electron chi connectivity index (χ0n) is 17.7. The van der Waals surface area contributed by atoms with Gasteiger partial charge in [0.2, 0.25) is 0 Å². The van der Waals surface area contributed by atoms with Crippen molar-refractivity contribution in [3.05, 3.63) is 58.9 Å². The predicted octanol–water partition coefficient (Wildman–Crippen LogP) is 2.71. The van der Waals surface area contributed by atoms with Crippen LogP contribution in [-0.2, 0) is 20.0 Å². The second kappa shape index (κ2) is 8.95. The molecular formula is C22H32N6. The molecule has 6 heteroatoms. The van der Waals surface area contributed by atoms with Crippen LogP contribution in [0.1, 0.15) is 29.4 Å². The Kier molecular flexibility index (Phi) is 6.39. The van der Waals surface area contributed by atoms with Crippen molar-refractivity contribution in [3.63, 3.8) is 0 Å². The van der Waals surface area contributed by atoms with Crippen LogP contribution in [0.5, 0.6) is 0 Å². The van der Waals surface area contributed by atoms with E-state index in [-0.39, 0.29) is 6.04 Å². The van der Waals surface area contributed by atoms with Gasteiger partial charge >= 0.3 is 0 Å². The maximum atomic E-state index is 4.51. The van der Waals surface area contributed by atoms with Crippen LogP contribution in [0.4, 0.5) is 5.69 Å². The molecule has 2 aromatic rings. The third-order valence-electron chi connectivity index (χ3n) is 5.33. The van der Waals surface area contributed by atoms with Crippen LogP contribution in [0, 0.1) is 13.8 Å². The highest BCUT2D eigenvalue weighted by Crippen LogP contribution is 2.18. The van der Waals surface area contributed by atoms with E-state index in [0.717, 1.165) is 37.7 Å². The molecule has 0 amide bonds. The number of hydrogen-bond donors (Lipinski definition) is 2. The van der Waals surface area contributed by atoms with Crippen LogP contribution in [-0.4, -0.2) is 41.9 Å². The number of aliphatic imine (C=N–C) groups is 1. The lowest BCUT2D eigenvalue weighted by Gasteiger charge is -2.20. The summed E-state index contributed by atoms with van der Waals surface area (Å²) in [6.07, 6.45) is 5.34. The number of nitrogens with zero attached hydrogens (tertiary/aromatic N) is 4. The molecule has 0 radical (unpaired) electrons. The van der Waals surface area contributed by atoms with Gasteiger partial charge in [-0.3, -0.25) is 9.67 Å². The second-order valence-electron chi connectivity index (χ2n) is 7.49. The van der Waals surface area contributed by atoms with Crippen molar-refractivity contribution in [2.24, 2.45) is 12.0 Å². The van der Waals surface area contributed by atoms with Gasteiger partial charge in [-0.15, -0.1) is 0 Å². The molecule has 150 valence electrons. The summed E-state index contributed by atoms with van der Waals surface area (Å²) in [6, 6.07) is 8.95. The monoisotopic (exact) mass is 380 g/mol. The first-order chi connectivity index (χ1) is 13.5. The molecule has 1 unspecified atom stereocenters. The summed E-state index contributed by atoms with van der Waals surface area (Å²) < 4.78 is 1.95. The zero-order chi connectivity index (χ0) is 20.1.